The molecule has 1 fully saturated rings. The van der Waals surface area contributed by atoms with Gasteiger partial charge in [-0.1, -0.05) is 26.7 Å². The fraction of sp³-hybridized carbons (Fsp3) is 0.688. The van der Waals surface area contributed by atoms with E-state index in [1.165, 1.54) is 30.6 Å². The second-order valence-electron chi connectivity index (χ2n) is 6.45. The van der Waals surface area contributed by atoms with Crippen LogP contribution in [0.15, 0.2) is 12.1 Å². The molecule has 2 rings (SSSR count). The molecule has 1 heterocycles. The van der Waals surface area contributed by atoms with Crippen LogP contribution < -0.4 is 5.32 Å². The van der Waals surface area contributed by atoms with Crippen molar-refractivity contribution >= 4 is 11.7 Å². The first-order chi connectivity index (χ1) is 9.99. The van der Waals surface area contributed by atoms with Gasteiger partial charge in [0.1, 0.15) is 5.82 Å². The lowest BCUT2D eigenvalue weighted by Crippen LogP contribution is -2.35. The summed E-state index contributed by atoms with van der Waals surface area (Å²) in [7, 11) is 3.43. The molecule has 21 heavy (non-hydrogen) atoms. The Kier molecular flexibility index (Phi) is 5.15. The van der Waals surface area contributed by atoms with Crippen LogP contribution in [0, 0.1) is 11.8 Å². The summed E-state index contributed by atoms with van der Waals surface area (Å²) in [6, 6.07) is 4.06. The number of rotatable bonds is 4. The Hall–Kier alpha value is -1.65. The SMILES string of the molecule is CC(C)C1CCCCC1Nc1ccc(C(=O)N(C)C)nn1. The van der Waals surface area contributed by atoms with Gasteiger partial charge in [-0.3, -0.25) is 4.79 Å². The first kappa shape index (κ1) is 15.7. The van der Waals surface area contributed by atoms with Crippen LogP contribution in [-0.2, 0) is 0 Å². The summed E-state index contributed by atoms with van der Waals surface area (Å²) in [5.41, 5.74) is 0.384. The Labute approximate surface area is 127 Å². The number of amides is 1. The summed E-state index contributed by atoms with van der Waals surface area (Å²) in [5, 5.41) is 11.7. The van der Waals surface area contributed by atoms with Crippen LogP contribution >= 0.6 is 0 Å². The van der Waals surface area contributed by atoms with E-state index in [0.717, 1.165) is 5.82 Å². The van der Waals surface area contributed by atoms with E-state index < -0.39 is 0 Å². The quantitative estimate of drug-likeness (QED) is 0.926. The first-order valence-corrected chi connectivity index (χ1v) is 7.81. The second-order valence-corrected chi connectivity index (χ2v) is 6.45. The highest BCUT2D eigenvalue weighted by Crippen LogP contribution is 2.31. The van der Waals surface area contributed by atoms with Gasteiger partial charge in [0.15, 0.2) is 5.69 Å². The van der Waals surface area contributed by atoms with Crippen molar-refractivity contribution < 1.29 is 4.79 Å². The normalized spacial score (nSPS) is 22.1. The summed E-state index contributed by atoms with van der Waals surface area (Å²) in [6.07, 6.45) is 5.05. The van der Waals surface area contributed by atoms with E-state index in [1.807, 2.05) is 6.07 Å². The average molecular weight is 290 g/mol. The zero-order valence-corrected chi connectivity index (χ0v) is 13.5. The standard InChI is InChI=1S/C16H26N4O/c1-11(2)12-7-5-6-8-13(12)17-15-10-9-14(18-19-15)16(21)20(3)4/h9-13H,5-8H2,1-4H3,(H,17,19). The van der Waals surface area contributed by atoms with E-state index in [-0.39, 0.29) is 5.91 Å². The van der Waals surface area contributed by atoms with E-state index in [0.29, 0.717) is 23.6 Å². The van der Waals surface area contributed by atoms with E-state index in [4.69, 9.17) is 0 Å². The summed E-state index contributed by atoms with van der Waals surface area (Å²) < 4.78 is 0. The molecule has 1 saturated carbocycles. The third-order valence-corrected chi connectivity index (χ3v) is 4.30. The molecule has 0 aliphatic heterocycles. The largest absolute Gasteiger partial charge is 0.366 e. The number of anilines is 1. The maximum Gasteiger partial charge on any atom is 0.273 e. The molecule has 1 aromatic heterocycles. The van der Waals surface area contributed by atoms with Crippen molar-refractivity contribution in [2.45, 2.75) is 45.6 Å². The summed E-state index contributed by atoms with van der Waals surface area (Å²) in [4.78, 5) is 13.3. The minimum Gasteiger partial charge on any atom is -0.366 e. The maximum absolute atomic E-state index is 11.8. The zero-order chi connectivity index (χ0) is 15.4. The van der Waals surface area contributed by atoms with Crippen molar-refractivity contribution in [3.63, 3.8) is 0 Å². The Balaban J connectivity index is 2.04. The Bertz CT molecular complexity index is 470. The number of aromatic nitrogens is 2. The molecule has 2 unspecified atom stereocenters. The van der Waals surface area contributed by atoms with Crippen molar-refractivity contribution in [2.75, 3.05) is 19.4 Å². The number of hydrogen-bond donors (Lipinski definition) is 1. The number of carbonyl (C=O) groups is 1. The Morgan fingerprint density at radius 3 is 2.52 bits per heavy atom. The van der Waals surface area contributed by atoms with Crippen LogP contribution in [0.1, 0.15) is 50.0 Å². The van der Waals surface area contributed by atoms with E-state index >= 15 is 0 Å². The molecule has 5 heteroatoms. The van der Waals surface area contributed by atoms with Gasteiger partial charge in [0.2, 0.25) is 0 Å². The summed E-state index contributed by atoms with van der Waals surface area (Å²) in [6.45, 7) is 4.57. The average Bonchev–Trinajstić information content (AvgIpc) is 2.47. The van der Waals surface area contributed by atoms with Crippen LogP contribution in [0.2, 0.25) is 0 Å². The monoisotopic (exact) mass is 290 g/mol. The smallest absolute Gasteiger partial charge is 0.273 e. The van der Waals surface area contributed by atoms with Crippen LogP contribution in [0.4, 0.5) is 5.82 Å². The van der Waals surface area contributed by atoms with E-state index in [2.05, 4.69) is 29.4 Å². The lowest BCUT2D eigenvalue weighted by Gasteiger charge is -2.35. The highest BCUT2D eigenvalue weighted by atomic mass is 16.2. The summed E-state index contributed by atoms with van der Waals surface area (Å²) in [5.74, 6) is 2.00. The van der Waals surface area contributed by atoms with Gasteiger partial charge in [-0.15, -0.1) is 10.2 Å². The van der Waals surface area contributed by atoms with Crippen LogP contribution in [0.25, 0.3) is 0 Å². The molecule has 0 radical (unpaired) electrons. The third-order valence-electron chi connectivity index (χ3n) is 4.30. The molecule has 1 amide bonds. The molecule has 0 saturated heterocycles. The molecule has 2 atom stereocenters. The molecular formula is C16H26N4O. The highest BCUT2D eigenvalue weighted by molar-refractivity contribution is 5.91. The number of hydrogen-bond acceptors (Lipinski definition) is 4. The van der Waals surface area contributed by atoms with Gasteiger partial charge in [-0.25, -0.2) is 0 Å². The number of nitrogens with zero attached hydrogens (tertiary/aromatic N) is 3. The first-order valence-electron chi connectivity index (χ1n) is 7.81. The maximum atomic E-state index is 11.8. The van der Waals surface area contributed by atoms with Gasteiger partial charge in [0.25, 0.3) is 5.91 Å². The van der Waals surface area contributed by atoms with E-state index in [1.54, 1.807) is 20.2 Å². The van der Waals surface area contributed by atoms with Crippen LogP contribution in [-0.4, -0.2) is 41.1 Å². The van der Waals surface area contributed by atoms with Gasteiger partial charge < -0.3 is 10.2 Å². The zero-order valence-electron chi connectivity index (χ0n) is 13.5. The van der Waals surface area contributed by atoms with E-state index in [9.17, 15) is 4.79 Å². The molecule has 116 valence electrons. The second kappa shape index (κ2) is 6.87. The fourth-order valence-electron chi connectivity index (χ4n) is 3.08. The van der Waals surface area contributed by atoms with Gasteiger partial charge in [0, 0.05) is 20.1 Å². The van der Waals surface area contributed by atoms with Gasteiger partial charge >= 0.3 is 0 Å². The topological polar surface area (TPSA) is 58.1 Å². The van der Waals surface area contributed by atoms with Gasteiger partial charge in [-0.05, 0) is 36.8 Å². The molecular weight excluding hydrogens is 264 g/mol. The molecule has 5 nitrogen and oxygen atoms in total. The van der Waals surface area contributed by atoms with Crippen molar-refractivity contribution in [3.8, 4) is 0 Å². The van der Waals surface area contributed by atoms with Crippen molar-refractivity contribution in [2.24, 2.45) is 11.8 Å². The highest BCUT2D eigenvalue weighted by Gasteiger charge is 2.27. The van der Waals surface area contributed by atoms with Crippen molar-refractivity contribution in [3.05, 3.63) is 17.8 Å². The molecule has 1 aromatic rings. The van der Waals surface area contributed by atoms with Crippen molar-refractivity contribution in [1.29, 1.82) is 0 Å². The predicted octanol–water partition coefficient (Wildman–Crippen LogP) is 2.81. The summed E-state index contributed by atoms with van der Waals surface area (Å²) >= 11 is 0. The molecule has 0 bridgehead atoms. The minimum absolute atomic E-state index is 0.119. The van der Waals surface area contributed by atoms with Crippen molar-refractivity contribution in [1.82, 2.24) is 15.1 Å². The lowest BCUT2D eigenvalue weighted by atomic mass is 9.78. The molecule has 1 aliphatic carbocycles. The van der Waals surface area contributed by atoms with Gasteiger partial charge in [-0.2, -0.15) is 0 Å². The van der Waals surface area contributed by atoms with Gasteiger partial charge in [0.05, 0.1) is 0 Å². The minimum atomic E-state index is -0.119. The number of nitrogens with one attached hydrogen (secondary N) is 1. The number of carbonyl (C=O) groups excluding carboxylic acids is 1. The Morgan fingerprint density at radius 2 is 1.95 bits per heavy atom. The third kappa shape index (κ3) is 3.93. The predicted molar refractivity (Wildman–Crippen MR) is 84.3 cm³/mol. The van der Waals surface area contributed by atoms with Crippen LogP contribution in [0.3, 0.4) is 0 Å². The molecule has 0 aromatic carbocycles. The fourth-order valence-corrected chi connectivity index (χ4v) is 3.08. The van der Waals surface area contributed by atoms with Crippen LogP contribution in [0.5, 0.6) is 0 Å². The molecule has 1 aliphatic rings. The molecule has 0 spiro atoms. The lowest BCUT2D eigenvalue weighted by molar-refractivity contribution is 0.0821. The molecule has 1 N–H and O–H groups in total. The Morgan fingerprint density at radius 1 is 1.24 bits per heavy atom.